The highest BCUT2D eigenvalue weighted by atomic mass is 19.3. The molecule has 44 heavy (non-hydrogen) atoms. The molecule has 0 saturated heterocycles. The molecule has 7 rings (SSSR count). The molecule has 0 bridgehead atoms. The molecular weight excluding hydrogens is 556 g/mol. The van der Waals surface area contributed by atoms with Crippen LogP contribution in [0.15, 0.2) is 91.0 Å². The Morgan fingerprint density at radius 2 is 1.52 bits per heavy atom. The summed E-state index contributed by atoms with van der Waals surface area (Å²) < 4.78 is 41.0. The van der Waals surface area contributed by atoms with E-state index in [1.54, 1.807) is 19.1 Å². The third kappa shape index (κ3) is 3.97. The topological polar surface area (TPSA) is 51.3 Å². The molecule has 1 unspecified atom stereocenters. The average molecular weight is 590 g/mol. The van der Waals surface area contributed by atoms with E-state index in [4.69, 9.17) is 9.47 Å². The van der Waals surface area contributed by atoms with E-state index in [2.05, 4.69) is 55.2 Å². The Morgan fingerprint density at radius 3 is 2.30 bits per heavy atom. The summed E-state index contributed by atoms with van der Waals surface area (Å²) in [6.07, 6.45) is -3.56. The van der Waals surface area contributed by atoms with Gasteiger partial charge in [-0.1, -0.05) is 80.6 Å². The molecule has 0 fully saturated rings. The summed E-state index contributed by atoms with van der Waals surface area (Å²) in [5.74, 6) is -0.394. The average Bonchev–Trinajstić information content (AvgIpc) is 3.48. The van der Waals surface area contributed by atoms with Crippen LogP contribution in [-0.4, -0.2) is 31.1 Å². The van der Waals surface area contributed by atoms with E-state index in [9.17, 15) is 13.6 Å². The van der Waals surface area contributed by atoms with Crippen LogP contribution in [0.5, 0.6) is 5.75 Å². The number of esters is 1. The molecule has 6 aromatic rings. The van der Waals surface area contributed by atoms with Gasteiger partial charge in [0, 0.05) is 39.8 Å². The molecule has 5 aromatic carbocycles. The molecule has 222 valence electrons. The van der Waals surface area contributed by atoms with Crippen molar-refractivity contribution in [2.45, 2.75) is 44.4 Å². The number of carbonyl (C=O) groups excluding carboxylic acids is 1. The quantitative estimate of drug-likeness (QED) is 0.189. The van der Waals surface area contributed by atoms with Crippen molar-refractivity contribution in [3.8, 4) is 16.9 Å². The second kappa shape index (κ2) is 10.2. The Kier molecular flexibility index (Phi) is 6.50. The molecule has 1 aromatic heterocycles. The van der Waals surface area contributed by atoms with E-state index >= 15 is 0 Å². The maximum atomic E-state index is 14.8. The van der Waals surface area contributed by atoms with Crippen molar-refractivity contribution in [2.24, 2.45) is 0 Å². The predicted molar refractivity (Wildman–Crippen MR) is 172 cm³/mol. The molecule has 1 aliphatic rings. The number of alkyl halides is 2. The van der Waals surface area contributed by atoms with E-state index in [1.165, 1.54) is 23.8 Å². The van der Waals surface area contributed by atoms with Gasteiger partial charge in [0.05, 0.1) is 19.2 Å². The lowest BCUT2D eigenvalue weighted by molar-refractivity contribution is -0.150. The van der Waals surface area contributed by atoms with Gasteiger partial charge in [0.1, 0.15) is 11.2 Å². The number of aromatic amines is 1. The van der Waals surface area contributed by atoms with Crippen molar-refractivity contribution in [1.82, 2.24) is 4.98 Å². The highest BCUT2D eigenvalue weighted by Crippen LogP contribution is 2.52. The zero-order chi connectivity index (χ0) is 30.8. The van der Waals surface area contributed by atoms with Crippen molar-refractivity contribution in [1.29, 1.82) is 0 Å². The van der Waals surface area contributed by atoms with Crippen LogP contribution in [0.4, 0.5) is 8.78 Å². The maximum absolute atomic E-state index is 14.8. The van der Waals surface area contributed by atoms with Gasteiger partial charge in [-0.25, -0.2) is 8.78 Å². The van der Waals surface area contributed by atoms with Crippen molar-refractivity contribution < 1.29 is 23.0 Å². The van der Waals surface area contributed by atoms with Crippen LogP contribution in [-0.2, 0) is 20.4 Å². The molecule has 4 nitrogen and oxygen atoms in total. The number of fused-ring (bicyclic) bond motifs is 7. The van der Waals surface area contributed by atoms with E-state index in [0.717, 1.165) is 32.8 Å². The van der Waals surface area contributed by atoms with E-state index < -0.39 is 24.2 Å². The van der Waals surface area contributed by atoms with Gasteiger partial charge >= 0.3 is 5.97 Å². The first-order chi connectivity index (χ1) is 21.2. The fraction of sp³-hybridized carbons (Fsp3) is 0.237. The Labute approximate surface area is 254 Å². The van der Waals surface area contributed by atoms with E-state index in [-0.39, 0.29) is 12.0 Å². The molecular formula is C38H33F2NO3. The summed E-state index contributed by atoms with van der Waals surface area (Å²) in [4.78, 5) is 17.7. The number of aromatic nitrogens is 1. The smallest absolute Gasteiger partial charge is 0.321 e. The van der Waals surface area contributed by atoms with Crippen LogP contribution in [0.1, 0.15) is 49.4 Å². The van der Waals surface area contributed by atoms with Crippen LogP contribution in [0.3, 0.4) is 0 Å². The van der Waals surface area contributed by atoms with Crippen molar-refractivity contribution in [2.75, 3.05) is 13.7 Å². The number of hydrogen-bond acceptors (Lipinski definition) is 3. The normalized spacial score (nSPS) is 15.0. The largest absolute Gasteiger partial charge is 0.496 e. The number of nitrogens with one attached hydrogen (secondary N) is 1. The van der Waals surface area contributed by atoms with Gasteiger partial charge in [0.15, 0.2) is 0 Å². The summed E-state index contributed by atoms with van der Waals surface area (Å²) >= 11 is 0. The number of hydrogen-bond donors (Lipinski definition) is 1. The fourth-order valence-electron chi connectivity index (χ4n) is 7.38. The third-order valence-electron chi connectivity index (χ3n) is 9.41. The number of carbonyl (C=O) groups is 1. The second-order valence-electron chi connectivity index (χ2n) is 12.1. The standard InChI is InChI=1S/C38H33F2NO3/c1-5-44-36(42)38(21-35(39)40,29-16-10-12-22-11-6-7-13-23(22)29)31-18-27-26-17-25-24-14-8-9-15-28(24)37(2,3)30(25)19-32(26)41-33(27)20-34(31)43-4/h6-20,35,41H,5,21H2,1-4H3. The number of benzene rings is 5. The zero-order valence-corrected chi connectivity index (χ0v) is 25.1. The Balaban J connectivity index is 1.57. The van der Waals surface area contributed by atoms with Crippen LogP contribution in [0.25, 0.3) is 43.7 Å². The van der Waals surface area contributed by atoms with E-state index in [1.807, 2.05) is 42.5 Å². The van der Waals surface area contributed by atoms with Gasteiger partial charge in [0.2, 0.25) is 6.43 Å². The lowest BCUT2D eigenvalue weighted by Crippen LogP contribution is -2.41. The zero-order valence-electron chi connectivity index (χ0n) is 25.1. The lowest BCUT2D eigenvalue weighted by atomic mass is 9.69. The molecule has 0 radical (unpaired) electrons. The number of H-pyrrole nitrogens is 1. The number of halogens is 2. The molecule has 0 amide bonds. The summed E-state index contributed by atoms with van der Waals surface area (Å²) in [5, 5.41) is 3.32. The molecule has 1 atom stereocenters. The monoisotopic (exact) mass is 589 g/mol. The number of rotatable bonds is 7. The second-order valence-corrected chi connectivity index (χ2v) is 12.1. The minimum absolute atomic E-state index is 0.0492. The lowest BCUT2D eigenvalue weighted by Gasteiger charge is -2.34. The van der Waals surface area contributed by atoms with Gasteiger partial charge in [-0.2, -0.15) is 0 Å². The molecule has 1 aliphatic carbocycles. The van der Waals surface area contributed by atoms with Crippen molar-refractivity contribution >= 4 is 38.5 Å². The van der Waals surface area contributed by atoms with Crippen molar-refractivity contribution in [3.63, 3.8) is 0 Å². The summed E-state index contributed by atoms with van der Waals surface area (Å²) in [6, 6.07) is 29.5. The minimum atomic E-state index is -2.80. The first kappa shape index (κ1) is 28.1. The number of ether oxygens (including phenoxy) is 2. The van der Waals surface area contributed by atoms with E-state index in [0.29, 0.717) is 22.3 Å². The summed E-state index contributed by atoms with van der Waals surface area (Å²) in [7, 11) is 1.50. The SMILES string of the molecule is CCOC(=O)C(CC(F)F)(c1cc2c(cc1OC)[nH]c1cc3c(cc12)-c1ccccc1C3(C)C)c1cccc2ccccc12. The summed E-state index contributed by atoms with van der Waals surface area (Å²) in [5.41, 5.74) is 5.35. The Hall–Kier alpha value is -4.71. The molecule has 0 saturated carbocycles. The fourth-order valence-corrected chi connectivity index (χ4v) is 7.38. The highest BCUT2D eigenvalue weighted by molar-refractivity contribution is 6.11. The third-order valence-corrected chi connectivity index (χ3v) is 9.41. The first-order valence-corrected chi connectivity index (χ1v) is 14.9. The number of methoxy groups -OCH3 is 1. The molecule has 0 spiro atoms. The van der Waals surface area contributed by atoms with Gasteiger partial charge < -0.3 is 14.5 Å². The van der Waals surface area contributed by atoms with Crippen LogP contribution < -0.4 is 4.74 Å². The van der Waals surface area contributed by atoms with Crippen LogP contribution in [0.2, 0.25) is 0 Å². The van der Waals surface area contributed by atoms with Gasteiger partial charge in [-0.3, -0.25) is 4.79 Å². The molecule has 1 N–H and O–H groups in total. The molecule has 1 heterocycles. The molecule has 6 heteroatoms. The predicted octanol–water partition coefficient (Wildman–Crippen LogP) is 9.29. The first-order valence-electron chi connectivity index (χ1n) is 14.9. The van der Waals surface area contributed by atoms with Gasteiger partial charge in [-0.05, 0) is 63.7 Å². The molecule has 0 aliphatic heterocycles. The van der Waals surface area contributed by atoms with Crippen molar-refractivity contribution in [3.05, 3.63) is 113 Å². The van der Waals surface area contributed by atoms with Gasteiger partial charge in [0.25, 0.3) is 0 Å². The van der Waals surface area contributed by atoms with Crippen LogP contribution in [0, 0.1) is 0 Å². The van der Waals surface area contributed by atoms with Gasteiger partial charge in [-0.15, -0.1) is 0 Å². The van der Waals surface area contributed by atoms with Crippen LogP contribution >= 0.6 is 0 Å². The Bertz CT molecular complexity index is 2090. The highest BCUT2D eigenvalue weighted by Gasteiger charge is 2.49. The maximum Gasteiger partial charge on any atom is 0.321 e. The Morgan fingerprint density at radius 1 is 0.818 bits per heavy atom. The summed E-state index contributed by atoms with van der Waals surface area (Å²) in [6.45, 7) is 6.20. The minimum Gasteiger partial charge on any atom is -0.496 e.